The maximum Gasteiger partial charge on any atom is 0.210 e. The SMILES string of the molecule is CCCCCCCCn1c(O)c(/C=C2\C=NN=C2c2ccccc2)sc1=S. The van der Waals surface area contributed by atoms with E-state index in [0.29, 0.717) is 3.95 Å². The average Bonchev–Trinajstić information content (AvgIpc) is 3.25. The van der Waals surface area contributed by atoms with Crippen LogP contribution >= 0.6 is 23.6 Å². The second-order valence-electron chi connectivity index (χ2n) is 6.63. The van der Waals surface area contributed by atoms with E-state index in [9.17, 15) is 5.11 Å². The molecule has 1 aromatic carbocycles. The summed E-state index contributed by atoms with van der Waals surface area (Å²) in [6, 6.07) is 9.95. The van der Waals surface area contributed by atoms with E-state index in [4.69, 9.17) is 12.2 Å². The molecule has 0 fully saturated rings. The molecule has 1 aromatic heterocycles. The van der Waals surface area contributed by atoms with Crippen molar-refractivity contribution in [3.8, 4) is 5.88 Å². The molecule has 1 aliphatic rings. The summed E-state index contributed by atoms with van der Waals surface area (Å²) in [6.07, 6.45) is 11.0. The quantitative estimate of drug-likeness (QED) is 0.402. The Balaban J connectivity index is 1.71. The molecule has 0 atom stereocenters. The van der Waals surface area contributed by atoms with E-state index >= 15 is 0 Å². The van der Waals surface area contributed by atoms with Gasteiger partial charge < -0.3 is 5.11 Å². The number of nitrogens with zero attached hydrogens (tertiary/aromatic N) is 3. The Morgan fingerprint density at radius 1 is 1.11 bits per heavy atom. The molecule has 0 radical (unpaired) electrons. The fourth-order valence-corrected chi connectivity index (χ4v) is 4.40. The van der Waals surface area contributed by atoms with Gasteiger partial charge in [-0.05, 0) is 24.7 Å². The zero-order valence-electron chi connectivity index (χ0n) is 15.6. The molecular weight excluding hydrogens is 374 g/mol. The molecular formula is C21H25N3OS2. The number of aromatic nitrogens is 1. The van der Waals surface area contributed by atoms with Gasteiger partial charge in [-0.25, -0.2) is 0 Å². The molecule has 1 N–H and O–H groups in total. The molecule has 0 amide bonds. The molecule has 0 spiro atoms. The van der Waals surface area contributed by atoms with Crippen LogP contribution in [-0.2, 0) is 6.54 Å². The number of rotatable bonds is 9. The largest absolute Gasteiger partial charge is 0.493 e. The average molecular weight is 400 g/mol. The predicted octanol–water partition coefficient (Wildman–Crippen LogP) is 6.22. The minimum absolute atomic E-state index is 0.249. The summed E-state index contributed by atoms with van der Waals surface area (Å²) < 4.78 is 2.55. The summed E-state index contributed by atoms with van der Waals surface area (Å²) in [5, 5.41) is 18.9. The molecule has 1 aliphatic heterocycles. The van der Waals surface area contributed by atoms with Crippen LogP contribution in [0.4, 0.5) is 0 Å². The Labute approximate surface area is 169 Å². The summed E-state index contributed by atoms with van der Waals surface area (Å²) in [5.41, 5.74) is 2.71. The number of hydrogen-bond acceptors (Lipinski definition) is 5. The van der Waals surface area contributed by atoms with E-state index in [1.54, 1.807) is 6.21 Å². The van der Waals surface area contributed by atoms with Gasteiger partial charge >= 0.3 is 0 Å². The highest BCUT2D eigenvalue weighted by atomic mass is 32.1. The van der Waals surface area contributed by atoms with Crippen molar-refractivity contribution in [3.63, 3.8) is 0 Å². The lowest BCUT2D eigenvalue weighted by molar-refractivity contribution is 0.407. The Morgan fingerprint density at radius 3 is 2.63 bits per heavy atom. The van der Waals surface area contributed by atoms with Crippen LogP contribution in [0.25, 0.3) is 6.08 Å². The number of allylic oxidation sites excluding steroid dienone is 1. The zero-order chi connectivity index (χ0) is 19.1. The van der Waals surface area contributed by atoms with Crippen molar-refractivity contribution in [1.82, 2.24) is 4.57 Å². The molecule has 0 aliphatic carbocycles. The minimum Gasteiger partial charge on any atom is -0.493 e. The molecule has 0 saturated heterocycles. The maximum atomic E-state index is 10.6. The van der Waals surface area contributed by atoms with Crippen LogP contribution in [0, 0.1) is 3.95 Å². The third-order valence-corrected chi connectivity index (χ3v) is 5.98. The van der Waals surface area contributed by atoms with E-state index in [1.807, 2.05) is 41.0 Å². The third-order valence-electron chi connectivity index (χ3n) is 4.59. The lowest BCUT2D eigenvalue weighted by atomic mass is 10.0. The van der Waals surface area contributed by atoms with E-state index in [-0.39, 0.29) is 5.88 Å². The van der Waals surface area contributed by atoms with Crippen LogP contribution in [0.5, 0.6) is 5.88 Å². The summed E-state index contributed by atoms with van der Waals surface area (Å²) in [5.74, 6) is 0.249. The van der Waals surface area contributed by atoms with Gasteiger partial charge in [-0.3, -0.25) is 4.57 Å². The molecule has 142 valence electrons. The van der Waals surface area contributed by atoms with E-state index in [0.717, 1.165) is 34.7 Å². The van der Waals surface area contributed by atoms with Crippen molar-refractivity contribution in [1.29, 1.82) is 0 Å². The van der Waals surface area contributed by atoms with Gasteiger partial charge in [0.15, 0.2) is 3.95 Å². The van der Waals surface area contributed by atoms with Crippen molar-refractivity contribution in [2.24, 2.45) is 10.2 Å². The Kier molecular flexibility index (Phi) is 7.12. The van der Waals surface area contributed by atoms with Gasteiger partial charge in [0.05, 0.1) is 11.1 Å². The fourth-order valence-electron chi connectivity index (χ4n) is 3.09. The van der Waals surface area contributed by atoms with Gasteiger partial charge in [0.2, 0.25) is 5.88 Å². The van der Waals surface area contributed by atoms with Crippen LogP contribution < -0.4 is 0 Å². The van der Waals surface area contributed by atoms with Gasteiger partial charge in [-0.2, -0.15) is 5.10 Å². The minimum atomic E-state index is 0.249. The Morgan fingerprint density at radius 2 is 1.85 bits per heavy atom. The predicted molar refractivity (Wildman–Crippen MR) is 118 cm³/mol. The van der Waals surface area contributed by atoms with Crippen LogP contribution in [0.2, 0.25) is 0 Å². The zero-order valence-corrected chi connectivity index (χ0v) is 17.2. The molecule has 0 saturated carbocycles. The summed E-state index contributed by atoms with van der Waals surface area (Å²) in [6.45, 7) is 2.99. The van der Waals surface area contributed by atoms with Crippen molar-refractivity contribution in [3.05, 3.63) is 50.3 Å². The Bertz CT molecular complexity index is 907. The van der Waals surface area contributed by atoms with Crippen LogP contribution in [0.3, 0.4) is 0 Å². The van der Waals surface area contributed by atoms with E-state index in [1.165, 1.54) is 43.4 Å². The lowest BCUT2D eigenvalue weighted by Gasteiger charge is -2.05. The van der Waals surface area contributed by atoms with Gasteiger partial charge in [0.25, 0.3) is 0 Å². The third kappa shape index (κ3) is 5.02. The number of unbranched alkanes of at least 4 members (excludes halogenated alkanes) is 5. The smallest absolute Gasteiger partial charge is 0.210 e. The van der Waals surface area contributed by atoms with Gasteiger partial charge in [0.1, 0.15) is 5.71 Å². The van der Waals surface area contributed by atoms with Gasteiger partial charge in [-0.15, -0.1) is 16.4 Å². The first kappa shape index (κ1) is 19.7. The van der Waals surface area contributed by atoms with Crippen molar-refractivity contribution in [2.45, 2.75) is 52.0 Å². The number of aromatic hydroxyl groups is 1. The molecule has 4 nitrogen and oxygen atoms in total. The second kappa shape index (κ2) is 9.76. The highest BCUT2D eigenvalue weighted by Crippen LogP contribution is 2.30. The van der Waals surface area contributed by atoms with Crippen LogP contribution in [0.1, 0.15) is 55.9 Å². The first-order chi connectivity index (χ1) is 13.2. The fraction of sp³-hybridized carbons (Fsp3) is 0.381. The molecule has 2 heterocycles. The van der Waals surface area contributed by atoms with Gasteiger partial charge in [0, 0.05) is 17.7 Å². The molecule has 0 bridgehead atoms. The summed E-state index contributed by atoms with van der Waals surface area (Å²) in [4.78, 5) is 0.762. The van der Waals surface area contributed by atoms with Gasteiger partial charge in [-0.1, -0.05) is 69.4 Å². The normalized spacial score (nSPS) is 14.9. The van der Waals surface area contributed by atoms with E-state index in [2.05, 4.69) is 17.1 Å². The van der Waals surface area contributed by atoms with Crippen molar-refractivity contribution >= 4 is 41.6 Å². The highest BCUT2D eigenvalue weighted by molar-refractivity contribution is 7.73. The summed E-state index contributed by atoms with van der Waals surface area (Å²) >= 11 is 6.90. The van der Waals surface area contributed by atoms with Crippen molar-refractivity contribution < 1.29 is 5.11 Å². The first-order valence-corrected chi connectivity index (χ1v) is 10.7. The molecule has 2 aromatic rings. The topological polar surface area (TPSA) is 49.9 Å². The number of hydrogen-bond donors (Lipinski definition) is 1. The number of benzene rings is 1. The Hall–Kier alpha value is -2.05. The lowest BCUT2D eigenvalue weighted by Crippen LogP contribution is -2.02. The number of thiazole rings is 1. The van der Waals surface area contributed by atoms with Crippen molar-refractivity contribution in [2.75, 3.05) is 0 Å². The highest BCUT2D eigenvalue weighted by Gasteiger charge is 2.16. The van der Waals surface area contributed by atoms with E-state index < -0.39 is 0 Å². The molecule has 0 unspecified atom stereocenters. The monoisotopic (exact) mass is 399 g/mol. The first-order valence-electron chi connectivity index (χ1n) is 9.52. The maximum absolute atomic E-state index is 10.6. The molecule has 27 heavy (non-hydrogen) atoms. The molecule has 6 heteroatoms. The molecule has 3 rings (SSSR count). The summed E-state index contributed by atoms with van der Waals surface area (Å²) in [7, 11) is 0. The standard InChI is InChI=1S/C21H25N3OS2/c1-2-3-4-5-6-10-13-24-20(25)18(27-21(24)26)14-17-15-22-23-19(17)16-11-8-7-9-12-16/h7-9,11-12,14-15,25H,2-6,10,13H2,1H3/b17-14+. The second-order valence-corrected chi connectivity index (χ2v) is 8.31. The van der Waals surface area contributed by atoms with Crippen LogP contribution in [0.15, 0.2) is 46.1 Å². The van der Waals surface area contributed by atoms with Crippen LogP contribution in [-0.4, -0.2) is 21.6 Å².